The second kappa shape index (κ2) is 9.59. The van der Waals surface area contributed by atoms with Gasteiger partial charge in [-0.3, -0.25) is 4.90 Å². The minimum atomic E-state index is -0.757. The highest BCUT2D eigenvalue weighted by atomic mass is 79.9. The highest BCUT2D eigenvalue weighted by Crippen LogP contribution is 2.22. The zero-order chi connectivity index (χ0) is 20.8. The van der Waals surface area contributed by atoms with Gasteiger partial charge in [0, 0.05) is 4.47 Å². The summed E-state index contributed by atoms with van der Waals surface area (Å²) in [5.74, 6) is 0. The molecule has 0 aliphatic heterocycles. The fourth-order valence-electron chi connectivity index (χ4n) is 1.90. The number of carbonyl (C=O) groups excluding carboxylic acids is 2. The summed E-state index contributed by atoms with van der Waals surface area (Å²) in [5, 5.41) is 0.203. The first-order chi connectivity index (χ1) is 12.3. The van der Waals surface area contributed by atoms with Gasteiger partial charge in [-0.1, -0.05) is 45.9 Å². The Balaban J connectivity index is 3.22. The van der Waals surface area contributed by atoms with Crippen molar-refractivity contribution in [3.63, 3.8) is 0 Å². The molecule has 0 spiro atoms. The van der Waals surface area contributed by atoms with E-state index in [1.165, 1.54) is 16.7 Å². The molecule has 0 unspecified atom stereocenters. The smallest absolute Gasteiger partial charge is 0.436 e. The zero-order valence-electron chi connectivity index (χ0n) is 16.8. The predicted molar refractivity (Wildman–Crippen MR) is 113 cm³/mol. The molecule has 0 saturated heterocycles. The number of rotatable bonds is 2. The molecule has 0 bridgehead atoms. The molecule has 0 heterocycles. The third kappa shape index (κ3) is 8.79. The molecule has 0 atom stereocenters. The van der Waals surface area contributed by atoms with Gasteiger partial charge < -0.3 is 9.47 Å². The summed E-state index contributed by atoms with van der Waals surface area (Å²) in [6.07, 6.45) is 0.392. The molecule has 0 N–H and O–H groups in total. The van der Waals surface area contributed by atoms with Crippen molar-refractivity contribution < 1.29 is 19.1 Å². The first kappa shape index (κ1) is 23.5. The van der Waals surface area contributed by atoms with Gasteiger partial charge in [0.1, 0.15) is 11.2 Å². The van der Waals surface area contributed by atoms with E-state index in [1.54, 1.807) is 47.8 Å². The highest BCUT2D eigenvalue weighted by Gasteiger charge is 2.28. The number of halogens is 1. The maximum absolute atomic E-state index is 12.8. The van der Waals surface area contributed by atoms with Crippen LogP contribution in [0.1, 0.15) is 47.1 Å². The molecule has 1 aromatic carbocycles. The summed E-state index contributed by atoms with van der Waals surface area (Å²) in [4.78, 5) is 30.3. The lowest BCUT2D eigenvalue weighted by Gasteiger charge is -2.28. The van der Waals surface area contributed by atoms with E-state index in [2.05, 4.69) is 20.9 Å². The van der Waals surface area contributed by atoms with Crippen LogP contribution in [-0.4, -0.2) is 39.7 Å². The van der Waals surface area contributed by atoms with E-state index in [0.717, 1.165) is 10.0 Å². The van der Waals surface area contributed by atoms with Crippen LogP contribution >= 0.6 is 27.7 Å². The van der Waals surface area contributed by atoms with Crippen molar-refractivity contribution in [1.82, 2.24) is 4.90 Å². The molecule has 0 saturated carbocycles. The highest BCUT2D eigenvalue weighted by molar-refractivity contribution is 9.10. The van der Waals surface area contributed by atoms with Crippen LogP contribution < -0.4 is 0 Å². The number of amidine groups is 1. The molecule has 0 aliphatic rings. The van der Waals surface area contributed by atoms with Gasteiger partial charge in [-0.05, 0) is 59.4 Å². The second-order valence-electron chi connectivity index (χ2n) is 7.74. The van der Waals surface area contributed by atoms with Crippen LogP contribution in [0, 0.1) is 0 Å². The number of carbonyl (C=O) groups is 2. The monoisotopic (exact) mass is 458 g/mol. The fourth-order valence-corrected chi connectivity index (χ4v) is 2.84. The molecule has 0 aliphatic carbocycles. The Morgan fingerprint density at radius 3 is 2.11 bits per heavy atom. The van der Waals surface area contributed by atoms with Gasteiger partial charge in [-0.2, -0.15) is 4.99 Å². The number of ether oxygens (including phenoxy) is 2. The van der Waals surface area contributed by atoms with Crippen molar-refractivity contribution in [2.45, 2.75) is 59.3 Å². The van der Waals surface area contributed by atoms with Crippen molar-refractivity contribution in [2.75, 3.05) is 6.26 Å². The standard InChI is InChI=1S/C19H27BrN2O4S/c1-18(2,3)25-16(23)21-15(27-7)22(17(24)26-19(4,5)6)12-13-10-8-9-11-14(13)20/h8-11H,12H2,1-7H3/b21-15-. The van der Waals surface area contributed by atoms with Gasteiger partial charge in [0.25, 0.3) is 0 Å². The van der Waals surface area contributed by atoms with Crippen LogP contribution in [0.15, 0.2) is 33.7 Å². The molecule has 0 aromatic heterocycles. The molecule has 0 radical (unpaired) electrons. The van der Waals surface area contributed by atoms with E-state index in [9.17, 15) is 9.59 Å². The van der Waals surface area contributed by atoms with Crippen LogP contribution in [0.5, 0.6) is 0 Å². The Hall–Kier alpha value is -1.54. The molecule has 150 valence electrons. The Morgan fingerprint density at radius 1 is 1.07 bits per heavy atom. The topological polar surface area (TPSA) is 68.2 Å². The summed E-state index contributed by atoms with van der Waals surface area (Å²) in [6, 6.07) is 7.52. The van der Waals surface area contributed by atoms with Gasteiger partial charge in [-0.25, -0.2) is 9.59 Å². The van der Waals surface area contributed by atoms with Crippen molar-refractivity contribution in [1.29, 1.82) is 0 Å². The summed E-state index contributed by atoms with van der Waals surface area (Å²) < 4.78 is 11.6. The van der Waals surface area contributed by atoms with Gasteiger partial charge in [0.05, 0.1) is 6.54 Å². The number of benzene rings is 1. The quantitative estimate of drug-likeness (QED) is 0.411. The van der Waals surface area contributed by atoms with Gasteiger partial charge in [-0.15, -0.1) is 0 Å². The SMILES string of the molecule is CS/C(=N\C(=O)OC(C)(C)C)N(Cc1ccccc1Br)C(=O)OC(C)(C)C. The van der Waals surface area contributed by atoms with E-state index in [1.807, 2.05) is 24.3 Å². The van der Waals surface area contributed by atoms with E-state index in [0.29, 0.717) is 0 Å². The second-order valence-corrected chi connectivity index (χ2v) is 9.36. The molecular weight excluding hydrogens is 432 g/mol. The average Bonchev–Trinajstić information content (AvgIpc) is 2.48. The van der Waals surface area contributed by atoms with Crippen LogP contribution in [-0.2, 0) is 16.0 Å². The molecule has 27 heavy (non-hydrogen) atoms. The normalized spacial score (nSPS) is 12.5. The summed E-state index contributed by atoms with van der Waals surface area (Å²) in [6.45, 7) is 10.8. The van der Waals surface area contributed by atoms with E-state index < -0.39 is 23.4 Å². The van der Waals surface area contributed by atoms with E-state index in [4.69, 9.17) is 9.47 Å². The third-order valence-corrected chi connectivity index (χ3v) is 4.34. The first-order valence-electron chi connectivity index (χ1n) is 8.42. The fraction of sp³-hybridized carbons (Fsp3) is 0.526. The molecular formula is C19H27BrN2O4S. The molecule has 2 amide bonds. The third-order valence-electron chi connectivity index (χ3n) is 2.89. The number of hydrogen-bond acceptors (Lipinski definition) is 5. The lowest BCUT2D eigenvalue weighted by atomic mass is 10.2. The van der Waals surface area contributed by atoms with Gasteiger partial charge >= 0.3 is 12.2 Å². The van der Waals surface area contributed by atoms with Crippen molar-refractivity contribution in [3.8, 4) is 0 Å². The Labute approximate surface area is 173 Å². The zero-order valence-corrected chi connectivity index (χ0v) is 19.2. The number of hydrogen-bond donors (Lipinski definition) is 0. The molecule has 8 heteroatoms. The number of nitrogens with zero attached hydrogens (tertiary/aromatic N) is 2. The summed E-state index contributed by atoms with van der Waals surface area (Å²) >= 11 is 4.65. The van der Waals surface area contributed by atoms with Crippen LogP contribution in [0.2, 0.25) is 0 Å². The summed E-state index contributed by atoms with van der Waals surface area (Å²) in [5.41, 5.74) is -0.503. The van der Waals surface area contributed by atoms with Crippen LogP contribution in [0.4, 0.5) is 9.59 Å². The van der Waals surface area contributed by atoms with Gasteiger partial charge in [0.15, 0.2) is 5.17 Å². The number of amides is 2. The Bertz CT molecular complexity index is 708. The lowest BCUT2D eigenvalue weighted by Crippen LogP contribution is -2.40. The van der Waals surface area contributed by atoms with E-state index in [-0.39, 0.29) is 11.7 Å². The number of thioether (sulfide) groups is 1. The maximum Gasteiger partial charge on any atom is 0.436 e. The van der Waals surface area contributed by atoms with Crippen molar-refractivity contribution in [2.24, 2.45) is 4.99 Å². The molecule has 6 nitrogen and oxygen atoms in total. The van der Waals surface area contributed by atoms with Crippen molar-refractivity contribution in [3.05, 3.63) is 34.3 Å². The minimum Gasteiger partial charge on any atom is -0.443 e. The predicted octanol–water partition coefficient (Wildman–Crippen LogP) is 5.84. The molecule has 0 fully saturated rings. The van der Waals surface area contributed by atoms with Crippen molar-refractivity contribution >= 4 is 45.0 Å². The van der Waals surface area contributed by atoms with Crippen LogP contribution in [0.25, 0.3) is 0 Å². The molecule has 1 aromatic rings. The van der Waals surface area contributed by atoms with Crippen LogP contribution in [0.3, 0.4) is 0 Å². The Kier molecular flexibility index (Phi) is 8.35. The summed E-state index contributed by atoms with van der Waals surface area (Å²) in [7, 11) is 0. The van der Waals surface area contributed by atoms with E-state index >= 15 is 0 Å². The maximum atomic E-state index is 12.8. The largest absolute Gasteiger partial charge is 0.443 e. The lowest BCUT2D eigenvalue weighted by molar-refractivity contribution is 0.0363. The first-order valence-corrected chi connectivity index (χ1v) is 10.4. The Morgan fingerprint density at radius 2 is 1.63 bits per heavy atom. The average molecular weight is 459 g/mol. The minimum absolute atomic E-state index is 0.193. The number of aliphatic imine (C=N–C) groups is 1. The molecule has 1 rings (SSSR count). The van der Waals surface area contributed by atoms with Gasteiger partial charge in [0.2, 0.25) is 0 Å².